The zero-order chi connectivity index (χ0) is 11.5. The van der Waals surface area contributed by atoms with Crippen LogP contribution in [0.3, 0.4) is 0 Å². The molecular weight excluding hydrogens is 214 g/mol. The van der Waals surface area contributed by atoms with Crippen LogP contribution in [0.5, 0.6) is 0 Å². The van der Waals surface area contributed by atoms with Crippen molar-refractivity contribution < 1.29 is 13.2 Å². The van der Waals surface area contributed by atoms with E-state index in [2.05, 4.69) is 5.32 Å². The Kier molecular flexibility index (Phi) is 3.90. The van der Waals surface area contributed by atoms with Crippen molar-refractivity contribution in [3.8, 4) is 0 Å². The van der Waals surface area contributed by atoms with Gasteiger partial charge in [0.2, 0.25) is 5.91 Å². The van der Waals surface area contributed by atoms with Crippen LogP contribution >= 0.6 is 0 Å². The molecular formula is C10H17NO3S. The van der Waals surface area contributed by atoms with Crippen LogP contribution in [0.1, 0.15) is 20.3 Å². The molecule has 0 spiro atoms. The van der Waals surface area contributed by atoms with Gasteiger partial charge in [0.25, 0.3) is 0 Å². The van der Waals surface area contributed by atoms with Gasteiger partial charge in [0.15, 0.2) is 9.84 Å². The van der Waals surface area contributed by atoms with E-state index in [1.54, 1.807) is 6.08 Å². The molecule has 5 heteroatoms. The molecule has 0 aromatic carbocycles. The van der Waals surface area contributed by atoms with E-state index in [0.717, 1.165) is 0 Å². The summed E-state index contributed by atoms with van der Waals surface area (Å²) in [6.07, 6.45) is 1.87. The Morgan fingerprint density at radius 1 is 1.53 bits per heavy atom. The average molecular weight is 231 g/mol. The van der Waals surface area contributed by atoms with Crippen molar-refractivity contribution in [3.63, 3.8) is 0 Å². The van der Waals surface area contributed by atoms with Crippen molar-refractivity contribution in [2.24, 2.45) is 11.8 Å². The molecule has 1 heterocycles. The molecule has 86 valence electrons. The third-order valence-corrected chi connectivity index (χ3v) is 3.62. The van der Waals surface area contributed by atoms with Crippen LogP contribution in [0.2, 0.25) is 0 Å². The van der Waals surface area contributed by atoms with Gasteiger partial charge in [-0.25, -0.2) is 8.42 Å². The molecule has 0 aromatic rings. The Labute approximate surface area is 90.7 Å². The zero-order valence-electron chi connectivity index (χ0n) is 9.06. The number of hydrogen-bond acceptors (Lipinski definition) is 3. The van der Waals surface area contributed by atoms with Crippen LogP contribution in [0.25, 0.3) is 0 Å². The van der Waals surface area contributed by atoms with E-state index in [9.17, 15) is 13.2 Å². The molecule has 1 N–H and O–H groups in total. The molecule has 15 heavy (non-hydrogen) atoms. The number of hydrogen-bond donors (Lipinski definition) is 1. The number of amides is 1. The van der Waals surface area contributed by atoms with Gasteiger partial charge in [0, 0.05) is 24.3 Å². The number of carbonyl (C=O) groups excluding carboxylic acids is 1. The Bertz CT molecular complexity index is 357. The number of sulfone groups is 1. The van der Waals surface area contributed by atoms with Gasteiger partial charge in [-0.2, -0.15) is 0 Å². The molecule has 0 aromatic heterocycles. The highest BCUT2D eigenvalue weighted by molar-refractivity contribution is 7.94. The van der Waals surface area contributed by atoms with Crippen molar-refractivity contribution in [1.82, 2.24) is 5.32 Å². The fourth-order valence-corrected chi connectivity index (χ4v) is 2.79. The van der Waals surface area contributed by atoms with Crippen LogP contribution in [0.4, 0.5) is 0 Å². The summed E-state index contributed by atoms with van der Waals surface area (Å²) in [5.41, 5.74) is 0. The lowest BCUT2D eigenvalue weighted by molar-refractivity contribution is -0.121. The first-order valence-corrected chi connectivity index (χ1v) is 6.78. The summed E-state index contributed by atoms with van der Waals surface area (Å²) < 4.78 is 22.1. The minimum atomic E-state index is -3.03. The molecule has 0 saturated carbocycles. The Morgan fingerprint density at radius 3 is 2.67 bits per heavy atom. The second-order valence-corrected chi connectivity index (χ2v) is 6.25. The van der Waals surface area contributed by atoms with Crippen LogP contribution in [0.15, 0.2) is 11.5 Å². The quantitative estimate of drug-likeness (QED) is 0.775. The number of nitrogens with one attached hydrogen (secondary N) is 1. The van der Waals surface area contributed by atoms with Gasteiger partial charge < -0.3 is 5.32 Å². The topological polar surface area (TPSA) is 63.2 Å². The van der Waals surface area contributed by atoms with Crippen molar-refractivity contribution >= 4 is 15.7 Å². The van der Waals surface area contributed by atoms with Gasteiger partial charge in [0.1, 0.15) is 0 Å². The molecule has 1 rings (SSSR count). The van der Waals surface area contributed by atoms with Crippen LogP contribution in [0, 0.1) is 11.8 Å². The lowest BCUT2D eigenvalue weighted by atomic mass is 10.1. The Balaban J connectivity index is 2.32. The maximum absolute atomic E-state index is 11.4. The second-order valence-electron chi connectivity index (χ2n) is 4.32. The van der Waals surface area contributed by atoms with E-state index >= 15 is 0 Å². The highest BCUT2D eigenvalue weighted by Gasteiger charge is 2.23. The fraction of sp³-hybridized carbons (Fsp3) is 0.700. The summed E-state index contributed by atoms with van der Waals surface area (Å²) in [5, 5.41) is 3.97. The van der Waals surface area contributed by atoms with Gasteiger partial charge in [-0.15, -0.1) is 0 Å². The predicted molar refractivity (Wildman–Crippen MR) is 58.9 cm³/mol. The van der Waals surface area contributed by atoms with Gasteiger partial charge in [-0.3, -0.25) is 4.79 Å². The van der Waals surface area contributed by atoms with Crippen LogP contribution in [-0.2, 0) is 14.6 Å². The Morgan fingerprint density at radius 2 is 2.20 bits per heavy atom. The van der Waals surface area contributed by atoms with Gasteiger partial charge >= 0.3 is 0 Å². The van der Waals surface area contributed by atoms with Crippen molar-refractivity contribution in [1.29, 1.82) is 0 Å². The van der Waals surface area contributed by atoms with Gasteiger partial charge in [-0.1, -0.05) is 19.9 Å². The molecule has 1 amide bonds. The normalized spacial score (nSPS) is 23.3. The summed E-state index contributed by atoms with van der Waals surface area (Å²) in [6.45, 7) is 4.67. The first-order valence-electron chi connectivity index (χ1n) is 5.07. The first-order chi connectivity index (χ1) is 6.89. The zero-order valence-corrected chi connectivity index (χ0v) is 9.88. The molecule has 1 unspecified atom stereocenters. The lowest BCUT2D eigenvalue weighted by Gasteiger charge is -2.09. The highest BCUT2D eigenvalue weighted by atomic mass is 32.2. The molecule has 0 radical (unpaired) electrons. The summed E-state index contributed by atoms with van der Waals surface area (Å²) in [4.78, 5) is 11.4. The summed E-state index contributed by atoms with van der Waals surface area (Å²) in [5.74, 6) is 0.261. The lowest BCUT2D eigenvalue weighted by Crippen LogP contribution is -2.29. The van der Waals surface area contributed by atoms with Crippen molar-refractivity contribution in [3.05, 3.63) is 11.5 Å². The molecule has 1 atom stereocenters. The van der Waals surface area contributed by atoms with Crippen LogP contribution < -0.4 is 5.32 Å². The number of rotatable bonds is 4. The van der Waals surface area contributed by atoms with E-state index in [1.807, 2.05) is 13.8 Å². The molecule has 0 aliphatic carbocycles. The Hall–Kier alpha value is -0.840. The van der Waals surface area contributed by atoms with E-state index in [1.165, 1.54) is 5.41 Å². The number of carbonyl (C=O) groups is 1. The van der Waals surface area contributed by atoms with E-state index in [0.29, 0.717) is 12.5 Å². The highest BCUT2D eigenvalue weighted by Crippen LogP contribution is 2.17. The predicted octanol–water partition coefficient (Wildman–Crippen LogP) is 0.707. The average Bonchev–Trinajstić information content (AvgIpc) is 2.42. The molecule has 4 nitrogen and oxygen atoms in total. The smallest absolute Gasteiger partial charge is 0.220 e. The third kappa shape index (κ3) is 4.46. The molecule has 0 bridgehead atoms. The molecule has 1 aliphatic rings. The maximum atomic E-state index is 11.4. The summed E-state index contributed by atoms with van der Waals surface area (Å²) >= 11 is 0. The van der Waals surface area contributed by atoms with E-state index < -0.39 is 9.84 Å². The summed E-state index contributed by atoms with van der Waals surface area (Å²) in [7, 11) is -3.03. The molecule has 0 saturated heterocycles. The largest absolute Gasteiger partial charge is 0.356 e. The monoisotopic (exact) mass is 231 g/mol. The minimum Gasteiger partial charge on any atom is -0.356 e. The standard InChI is InChI=1S/C10H17NO3S/c1-8(2)6-11-10(12)5-9-3-4-15(13,14)7-9/h3-4,8-9H,5-7H2,1-2H3,(H,11,12). The third-order valence-electron chi connectivity index (χ3n) is 2.16. The SMILES string of the molecule is CC(C)CNC(=O)CC1C=CS(=O)(=O)C1. The molecule has 1 aliphatic heterocycles. The van der Waals surface area contributed by atoms with Gasteiger partial charge in [0.05, 0.1) is 5.75 Å². The van der Waals surface area contributed by atoms with Crippen molar-refractivity contribution in [2.45, 2.75) is 20.3 Å². The van der Waals surface area contributed by atoms with E-state index in [-0.39, 0.29) is 24.0 Å². The minimum absolute atomic E-state index is 0.0715. The van der Waals surface area contributed by atoms with Gasteiger partial charge in [-0.05, 0) is 5.92 Å². The van der Waals surface area contributed by atoms with Crippen LogP contribution in [-0.4, -0.2) is 26.6 Å². The number of allylic oxidation sites excluding steroid dienone is 1. The second kappa shape index (κ2) is 4.79. The summed E-state index contributed by atoms with van der Waals surface area (Å²) in [6, 6.07) is 0. The first kappa shape index (κ1) is 12.2. The van der Waals surface area contributed by atoms with Crippen molar-refractivity contribution in [2.75, 3.05) is 12.3 Å². The van der Waals surface area contributed by atoms with E-state index in [4.69, 9.17) is 0 Å². The maximum Gasteiger partial charge on any atom is 0.220 e. The fourth-order valence-electron chi connectivity index (χ4n) is 1.40. The molecule has 0 fully saturated rings.